The Morgan fingerprint density at radius 2 is 1.67 bits per heavy atom. The van der Waals surface area contributed by atoms with Gasteiger partial charge in [-0.15, -0.1) is 0 Å². The van der Waals surface area contributed by atoms with Gasteiger partial charge in [-0.25, -0.2) is 4.99 Å². The summed E-state index contributed by atoms with van der Waals surface area (Å²) in [6.07, 6.45) is 2.41. The predicted octanol–water partition coefficient (Wildman–Crippen LogP) is 3.89. The number of guanidine groups is 1. The lowest BCUT2D eigenvalue weighted by molar-refractivity contribution is 0.288. The summed E-state index contributed by atoms with van der Waals surface area (Å²) in [6.45, 7) is 6.74. The van der Waals surface area contributed by atoms with Crippen LogP contribution in [0.25, 0.3) is 0 Å². The number of nitrogens with one attached hydrogen (secondary N) is 2. The zero-order valence-corrected chi connectivity index (χ0v) is 18.5. The molecular formula is C24H33N3O3. The van der Waals surface area contributed by atoms with Gasteiger partial charge in [0.15, 0.2) is 17.5 Å². The van der Waals surface area contributed by atoms with Crippen molar-refractivity contribution in [2.45, 2.75) is 38.6 Å². The summed E-state index contributed by atoms with van der Waals surface area (Å²) in [5.41, 5.74) is 2.62. The molecule has 1 aliphatic rings. The molecule has 0 aliphatic heterocycles. The van der Waals surface area contributed by atoms with Crippen molar-refractivity contribution in [3.05, 3.63) is 53.6 Å². The number of nitrogens with zero attached hydrogens (tertiary/aromatic N) is 1. The predicted molar refractivity (Wildman–Crippen MR) is 121 cm³/mol. The van der Waals surface area contributed by atoms with E-state index in [4.69, 9.17) is 19.2 Å². The van der Waals surface area contributed by atoms with Gasteiger partial charge in [-0.1, -0.05) is 30.3 Å². The van der Waals surface area contributed by atoms with E-state index < -0.39 is 0 Å². The first-order valence-corrected chi connectivity index (χ1v) is 10.6. The van der Waals surface area contributed by atoms with E-state index in [0.717, 1.165) is 24.6 Å². The molecule has 6 heteroatoms. The van der Waals surface area contributed by atoms with E-state index in [-0.39, 0.29) is 5.41 Å². The maximum atomic E-state index is 5.68. The quantitative estimate of drug-likeness (QED) is 0.459. The number of methoxy groups -OCH3 is 2. The van der Waals surface area contributed by atoms with Gasteiger partial charge >= 0.3 is 0 Å². The molecule has 0 saturated heterocycles. The summed E-state index contributed by atoms with van der Waals surface area (Å²) < 4.78 is 16.7. The third-order valence-electron chi connectivity index (χ3n) is 5.41. The average molecular weight is 412 g/mol. The summed E-state index contributed by atoms with van der Waals surface area (Å²) in [7, 11) is 3.27. The van der Waals surface area contributed by atoms with Gasteiger partial charge in [0.05, 0.1) is 27.4 Å². The molecule has 30 heavy (non-hydrogen) atoms. The molecule has 0 bridgehead atoms. The standard InChI is InChI=1S/C24H33N3O3/c1-5-25-23(27-17-24(12-13-24)19-10-8-7-9-11-19)26-16-18-14-20(28-3)22(30-6-2)21(15-18)29-4/h7-11,14-15H,5-6,12-13,16-17H2,1-4H3,(H2,25,26,27). The minimum absolute atomic E-state index is 0.225. The second-order valence-electron chi connectivity index (χ2n) is 7.46. The normalized spacial score (nSPS) is 14.7. The van der Waals surface area contributed by atoms with E-state index in [2.05, 4.69) is 47.9 Å². The lowest BCUT2D eigenvalue weighted by Gasteiger charge is -2.19. The highest BCUT2D eigenvalue weighted by Crippen LogP contribution is 2.47. The Morgan fingerprint density at radius 1 is 1.00 bits per heavy atom. The Morgan fingerprint density at radius 3 is 2.20 bits per heavy atom. The third-order valence-corrected chi connectivity index (χ3v) is 5.41. The van der Waals surface area contributed by atoms with E-state index >= 15 is 0 Å². The van der Waals surface area contributed by atoms with Crippen LogP contribution in [0.3, 0.4) is 0 Å². The minimum atomic E-state index is 0.225. The molecule has 1 saturated carbocycles. The summed E-state index contributed by atoms with van der Waals surface area (Å²) in [5.74, 6) is 2.74. The monoisotopic (exact) mass is 411 g/mol. The first-order valence-electron chi connectivity index (χ1n) is 10.6. The smallest absolute Gasteiger partial charge is 0.203 e. The van der Waals surface area contributed by atoms with Gasteiger partial charge in [0.1, 0.15) is 0 Å². The first-order chi connectivity index (χ1) is 14.7. The maximum Gasteiger partial charge on any atom is 0.203 e. The zero-order valence-electron chi connectivity index (χ0n) is 18.5. The van der Waals surface area contributed by atoms with Crippen LogP contribution >= 0.6 is 0 Å². The van der Waals surface area contributed by atoms with Crippen molar-refractivity contribution >= 4 is 5.96 Å². The topological polar surface area (TPSA) is 64.1 Å². The highest BCUT2D eigenvalue weighted by molar-refractivity contribution is 5.80. The van der Waals surface area contributed by atoms with Gasteiger partial charge in [0, 0.05) is 18.5 Å². The highest BCUT2D eigenvalue weighted by Gasteiger charge is 2.43. The lowest BCUT2D eigenvalue weighted by atomic mass is 9.96. The van der Waals surface area contributed by atoms with Gasteiger partial charge in [0.2, 0.25) is 5.75 Å². The first kappa shape index (κ1) is 21.8. The fraction of sp³-hybridized carbons (Fsp3) is 0.458. The van der Waals surface area contributed by atoms with Gasteiger partial charge < -0.3 is 24.8 Å². The third kappa shape index (κ3) is 5.17. The van der Waals surface area contributed by atoms with Crippen LogP contribution in [0.1, 0.15) is 37.8 Å². The van der Waals surface area contributed by atoms with Crippen molar-refractivity contribution in [1.82, 2.24) is 10.6 Å². The van der Waals surface area contributed by atoms with Crippen molar-refractivity contribution in [2.75, 3.05) is 33.9 Å². The fourth-order valence-corrected chi connectivity index (χ4v) is 3.59. The summed E-state index contributed by atoms with van der Waals surface area (Å²) in [5, 5.41) is 6.88. The Hall–Kier alpha value is -2.89. The molecule has 0 radical (unpaired) electrons. The van der Waals surface area contributed by atoms with Crippen LogP contribution in [0.2, 0.25) is 0 Å². The number of aliphatic imine (C=N–C) groups is 1. The van der Waals surface area contributed by atoms with Crippen molar-refractivity contribution in [3.63, 3.8) is 0 Å². The van der Waals surface area contributed by atoms with Gasteiger partial charge in [-0.3, -0.25) is 0 Å². The van der Waals surface area contributed by atoms with Crippen LogP contribution in [0.4, 0.5) is 0 Å². The van der Waals surface area contributed by atoms with E-state index in [1.165, 1.54) is 18.4 Å². The second kappa shape index (κ2) is 10.2. The van der Waals surface area contributed by atoms with Crippen LogP contribution in [0.15, 0.2) is 47.5 Å². The molecule has 0 amide bonds. The molecule has 1 fully saturated rings. The molecule has 1 aliphatic carbocycles. The molecule has 0 unspecified atom stereocenters. The molecular weight excluding hydrogens is 378 g/mol. The van der Waals surface area contributed by atoms with E-state index in [1.54, 1.807) is 14.2 Å². The fourth-order valence-electron chi connectivity index (χ4n) is 3.59. The van der Waals surface area contributed by atoms with E-state index in [9.17, 15) is 0 Å². The molecule has 162 valence electrons. The Bertz CT molecular complexity index is 823. The Balaban J connectivity index is 1.72. The number of hydrogen-bond acceptors (Lipinski definition) is 4. The average Bonchev–Trinajstić information content (AvgIpc) is 3.58. The van der Waals surface area contributed by atoms with Gasteiger partial charge in [-0.2, -0.15) is 0 Å². The van der Waals surface area contributed by atoms with Crippen LogP contribution in [0.5, 0.6) is 17.2 Å². The van der Waals surface area contributed by atoms with Crippen molar-refractivity contribution < 1.29 is 14.2 Å². The molecule has 2 aromatic carbocycles. The Labute approximate surface area is 179 Å². The molecule has 3 rings (SSSR count). The minimum Gasteiger partial charge on any atom is -0.493 e. The van der Waals surface area contributed by atoms with Gasteiger partial charge in [-0.05, 0) is 49.9 Å². The van der Waals surface area contributed by atoms with Crippen molar-refractivity contribution in [1.29, 1.82) is 0 Å². The Kier molecular flexibility index (Phi) is 7.44. The number of ether oxygens (including phenoxy) is 3. The molecule has 0 heterocycles. The number of rotatable bonds is 10. The van der Waals surface area contributed by atoms with Crippen molar-refractivity contribution in [3.8, 4) is 17.2 Å². The van der Waals surface area contributed by atoms with E-state index in [0.29, 0.717) is 30.4 Å². The summed E-state index contributed by atoms with van der Waals surface area (Å²) >= 11 is 0. The summed E-state index contributed by atoms with van der Waals surface area (Å²) in [6, 6.07) is 14.6. The second-order valence-corrected chi connectivity index (χ2v) is 7.46. The largest absolute Gasteiger partial charge is 0.493 e. The molecule has 2 N–H and O–H groups in total. The molecule has 0 atom stereocenters. The van der Waals surface area contributed by atoms with Crippen LogP contribution in [-0.4, -0.2) is 39.9 Å². The molecule has 0 spiro atoms. The van der Waals surface area contributed by atoms with Crippen LogP contribution in [0, 0.1) is 0 Å². The van der Waals surface area contributed by atoms with Crippen molar-refractivity contribution in [2.24, 2.45) is 4.99 Å². The molecule has 2 aromatic rings. The number of benzene rings is 2. The lowest BCUT2D eigenvalue weighted by Crippen LogP contribution is -2.41. The van der Waals surface area contributed by atoms with E-state index in [1.807, 2.05) is 19.1 Å². The SMILES string of the molecule is CCNC(=NCc1cc(OC)c(OCC)c(OC)c1)NCC1(c2ccccc2)CC1. The van der Waals surface area contributed by atoms with Crippen LogP contribution < -0.4 is 24.8 Å². The molecule has 0 aromatic heterocycles. The molecule has 6 nitrogen and oxygen atoms in total. The van der Waals surface area contributed by atoms with Crippen LogP contribution in [-0.2, 0) is 12.0 Å². The number of hydrogen-bond donors (Lipinski definition) is 2. The highest BCUT2D eigenvalue weighted by atomic mass is 16.5. The zero-order chi connectivity index (χ0) is 21.4. The van der Waals surface area contributed by atoms with Gasteiger partial charge in [0.25, 0.3) is 0 Å². The summed E-state index contributed by atoms with van der Waals surface area (Å²) in [4.78, 5) is 4.78. The maximum absolute atomic E-state index is 5.68.